The summed E-state index contributed by atoms with van der Waals surface area (Å²) in [4.78, 5) is 35.9. The number of hydrogen-bond acceptors (Lipinski definition) is 4. The van der Waals surface area contributed by atoms with E-state index in [2.05, 4.69) is 10.6 Å². The summed E-state index contributed by atoms with van der Waals surface area (Å²) in [6.45, 7) is 5.10. The van der Waals surface area contributed by atoms with Crippen molar-refractivity contribution >= 4 is 29.7 Å². The van der Waals surface area contributed by atoms with Crippen molar-refractivity contribution in [1.29, 1.82) is 0 Å². The van der Waals surface area contributed by atoms with Gasteiger partial charge in [0.2, 0.25) is 5.91 Å². The number of urea groups is 1. The molecular formula is C12H21N3O4S. The molecule has 8 heteroatoms. The monoisotopic (exact) mass is 303 g/mol. The standard InChI is InChI=1S/C12H21N3O4S/c1-12(2,20-3)7-14-11(19)15-5-4-13-10(18)8(15)6-9(16)17/h8H,4-7H2,1-3H3,(H,13,18)(H,14,19)(H,16,17). The third-order valence-electron chi connectivity index (χ3n) is 3.18. The van der Waals surface area contributed by atoms with Crippen LogP contribution >= 0.6 is 11.8 Å². The Morgan fingerprint density at radius 1 is 1.55 bits per heavy atom. The van der Waals surface area contributed by atoms with Crippen molar-refractivity contribution in [3.8, 4) is 0 Å². The largest absolute Gasteiger partial charge is 0.481 e. The predicted octanol–water partition coefficient (Wildman–Crippen LogP) is 0.113. The smallest absolute Gasteiger partial charge is 0.318 e. The van der Waals surface area contributed by atoms with Gasteiger partial charge in [0, 0.05) is 24.4 Å². The Labute approximate surface area is 122 Å². The molecule has 3 N–H and O–H groups in total. The van der Waals surface area contributed by atoms with Gasteiger partial charge < -0.3 is 20.6 Å². The summed E-state index contributed by atoms with van der Waals surface area (Å²) in [7, 11) is 0. The van der Waals surface area contributed by atoms with Crippen molar-refractivity contribution in [2.75, 3.05) is 25.9 Å². The fourth-order valence-electron chi connectivity index (χ4n) is 1.79. The van der Waals surface area contributed by atoms with E-state index in [-0.39, 0.29) is 11.2 Å². The molecule has 114 valence electrons. The van der Waals surface area contributed by atoms with Gasteiger partial charge in [-0.05, 0) is 20.1 Å². The number of carbonyl (C=O) groups is 3. The Morgan fingerprint density at radius 2 is 2.20 bits per heavy atom. The van der Waals surface area contributed by atoms with E-state index in [0.717, 1.165) is 0 Å². The third-order valence-corrected chi connectivity index (χ3v) is 4.43. The highest BCUT2D eigenvalue weighted by Gasteiger charge is 2.35. The first-order valence-corrected chi connectivity index (χ1v) is 7.58. The molecular weight excluding hydrogens is 282 g/mol. The first kappa shape index (κ1) is 16.6. The van der Waals surface area contributed by atoms with Gasteiger partial charge in [0.1, 0.15) is 6.04 Å². The second kappa shape index (κ2) is 6.83. The van der Waals surface area contributed by atoms with Crippen molar-refractivity contribution in [3.63, 3.8) is 0 Å². The van der Waals surface area contributed by atoms with E-state index in [1.807, 2.05) is 20.1 Å². The lowest BCUT2D eigenvalue weighted by Crippen LogP contribution is -2.60. The van der Waals surface area contributed by atoms with Gasteiger partial charge in [-0.25, -0.2) is 4.79 Å². The zero-order valence-corrected chi connectivity index (χ0v) is 12.7. The molecule has 0 aliphatic carbocycles. The van der Waals surface area contributed by atoms with E-state index in [1.54, 1.807) is 11.8 Å². The summed E-state index contributed by atoms with van der Waals surface area (Å²) in [5, 5.41) is 14.2. The van der Waals surface area contributed by atoms with Gasteiger partial charge in [0.15, 0.2) is 0 Å². The SMILES string of the molecule is CSC(C)(C)CNC(=O)N1CCNC(=O)C1CC(=O)O. The van der Waals surface area contributed by atoms with E-state index in [4.69, 9.17) is 5.11 Å². The normalized spacial score (nSPS) is 19.4. The van der Waals surface area contributed by atoms with Crippen LogP contribution in [0.25, 0.3) is 0 Å². The number of nitrogens with zero attached hydrogens (tertiary/aromatic N) is 1. The number of carbonyl (C=O) groups excluding carboxylic acids is 2. The van der Waals surface area contributed by atoms with Crippen molar-refractivity contribution in [2.45, 2.75) is 31.1 Å². The third kappa shape index (κ3) is 4.59. The maximum atomic E-state index is 12.1. The zero-order chi connectivity index (χ0) is 15.3. The van der Waals surface area contributed by atoms with Crippen LogP contribution in [-0.4, -0.2) is 64.6 Å². The Balaban J connectivity index is 2.67. The molecule has 20 heavy (non-hydrogen) atoms. The molecule has 0 aromatic carbocycles. The molecule has 1 fully saturated rings. The van der Waals surface area contributed by atoms with Crippen LogP contribution in [0.15, 0.2) is 0 Å². The second-order valence-corrected chi connectivity index (χ2v) is 6.73. The van der Waals surface area contributed by atoms with Crippen molar-refractivity contribution in [2.24, 2.45) is 0 Å². The summed E-state index contributed by atoms with van der Waals surface area (Å²) >= 11 is 1.62. The number of carboxylic acids is 1. The van der Waals surface area contributed by atoms with Crippen LogP contribution in [0.1, 0.15) is 20.3 Å². The molecule has 0 aromatic heterocycles. The molecule has 1 heterocycles. The molecule has 7 nitrogen and oxygen atoms in total. The number of hydrogen-bond donors (Lipinski definition) is 3. The first-order chi connectivity index (χ1) is 9.26. The lowest BCUT2D eigenvalue weighted by Gasteiger charge is -2.35. The summed E-state index contributed by atoms with van der Waals surface area (Å²) in [5.74, 6) is -1.52. The number of nitrogens with one attached hydrogen (secondary N) is 2. The zero-order valence-electron chi connectivity index (χ0n) is 11.9. The van der Waals surface area contributed by atoms with Gasteiger partial charge >= 0.3 is 12.0 Å². The lowest BCUT2D eigenvalue weighted by molar-refractivity contribution is -0.142. The Kier molecular flexibility index (Phi) is 5.67. The van der Waals surface area contributed by atoms with Crippen LogP contribution in [0.4, 0.5) is 4.79 Å². The number of amides is 3. The van der Waals surface area contributed by atoms with E-state index in [9.17, 15) is 14.4 Å². The molecule has 1 aliphatic heterocycles. The van der Waals surface area contributed by atoms with Crippen LogP contribution in [0, 0.1) is 0 Å². The summed E-state index contributed by atoms with van der Waals surface area (Å²) in [6.07, 6.45) is 1.57. The number of carboxylic acid groups (broad SMARTS) is 1. The minimum atomic E-state index is -1.10. The van der Waals surface area contributed by atoms with Crippen LogP contribution in [0.2, 0.25) is 0 Å². The molecule has 0 spiro atoms. The highest BCUT2D eigenvalue weighted by Crippen LogP contribution is 2.20. The molecule has 1 rings (SSSR count). The van der Waals surface area contributed by atoms with E-state index >= 15 is 0 Å². The fraction of sp³-hybridized carbons (Fsp3) is 0.750. The maximum Gasteiger partial charge on any atom is 0.318 e. The Morgan fingerprint density at radius 3 is 2.75 bits per heavy atom. The summed E-state index contributed by atoms with van der Waals surface area (Å²) < 4.78 is -0.115. The van der Waals surface area contributed by atoms with Gasteiger partial charge in [-0.3, -0.25) is 9.59 Å². The summed E-state index contributed by atoms with van der Waals surface area (Å²) in [5.41, 5.74) is 0. The maximum absolute atomic E-state index is 12.1. The second-order valence-electron chi connectivity index (χ2n) is 5.22. The van der Waals surface area contributed by atoms with Crippen LogP contribution in [0.5, 0.6) is 0 Å². The molecule has 3 amide bonds. The van der Waals surface area contributed by atoms with Crippen molar-refractivity contribution < 1.29 is 19.5 Å². The number of piperazine rings is 1. The minimum Gasteiger partial charge on any atom is -0.481 e. The topological polar surface area (TPSA) is 98.7 Å². The van der Waals surface area contributed by atoms with Crippen LogP contribution < -0.4 is 10.6 Å². The average Bonchev–Trinajstić information content (AvgIpc) is 2.38. The molecule has 0 bridgehead atoms. The van der Waals surface area contributed by atoms with Gasteiger partial charge in [-0.1, -0.05) is 0 Å². The van der Waals surface area contributed by atoms with Crippen molar-refractivity contribution in [3.05, 3.63) is 0 Å². The molecule has 0 aromatic rings. The van der Waals surface area contributed by atoms with Crippen LogP contribution in [-0.2, 0) is 9.59 Å². The van der Waals surface area contributed by atoms with Crippen molar-refractivity contribution in [1.82, 2.24) is 15.5 Å². The Hall–Kier alpha value is -1.44. The predicted molar refractivity (Wildman–Crippen MR) is 76.7 cm³/mol. The van der Waals surface area contributed by atoms with Gasteiger partial charge in [0.05, 0.1) is 6.42 Å². The molecule has 1 atom stereocenters. The number of rotatable bonds is 5. The average molecular weight is 303 g/mol. The van der Waals surface area contributed by atoms with Gasteiger partial charge in [-0.2, -0.15) is 11.8 Å². The van der Waals surface area contributed by atoms with E-state index < -0.39 is 23.9 Å². The highest BCUT2D eigenvalue weighted by atomic mass is 32.2. The molecule has 1 saturated heterocycles. The van der Waals surface area contributed by atoms with E-state index in [1.165, 1.54) is 4.90 Å². The number of aliphatic carboxylic acids is 1. The quantitative estimate of drug-likeness (QED) is 0.670. The van der Waals surface area contributed by atoms with E-state index in [0.29, 0.717) is 19.6 Å². The molecule has 0 radical (unpaired) electrons. The minimum absolute atomic E-state index is 0.115. The number of thioether (sulfide) groups is 1. The highest BCUT2D eigenvalue weighted by molar-refractivity contribution is 7.99. The Bertz CT molecular complexity index is 400. The summed E-state index contributed by atoms with van der Waals surface area (Å²) in [6, 6.07) is -1.34. The first-order valence-electron chi connectivity index (χ1n) is 6.36. The molecule has 1 unspecified atom stereocenters. The van der Waals surface area contributed by atoms with Gasteiger partial charge in [-0.15, -0.1) is 0 Å². The fourth-order valence-corrected chi connectivity index (χ4v) is 2.00. The van der Waals surface area contributed by atoms with Crippen LogP contribution in [0.3, 0.4) is 0 Å². The molecule has 1 aliphatic rings. The van der Waals surface area contributed by atoms with Gasteiger partial charge in [0.25, 0.3) is 0 Å². The molecule has 0 saturated carbocycles. The lowest BCUT2D eigenvalue weighted by atomic mass is 10.1.